The summed E-state index contributed by atoms with van der Waals surface area (Å²) < 4.78 is 13.1. The molecule has 0 bridgehead atoms. The molecule has 29 heavy (non-hydrogen) atoms. The number of ether oxygens (including phenoxy) is 2. The molecule has 3 heterocycles. The van der Waals surface area contributed by atoms with Crippen LogP contribution in [-0.2, 0) is 11.3 Å². The van der Waals surface area contributed by atoms with Crippen LogP contribution >= 0.6 is 0 Å². The first kappa shape index (κ1) is 19.4. The Balaban J connectivity index is 1.58. The smallest absolute Gasteiger partial charge is 0.257 e. The first-order valence-corrected chi connectivity index (χ1v) is 10.0. The molecule has 2 aromatic heterocycles. The molecule has 1 aliphatic heterocycles. The van der Waals surface area contributed by atoms with E-state index in [0.717, 1.165) is 23.4 Å². The predicted octanol–water partition coefficient (Wildman–Crippen LogP) is 3.11. The van der Waals surface area contributed by atoms with E-state index in [1.54, 1.807) is 13.3 Å². The van der Waals surface area contributed by atoms with E-state index in [-0.39, 0.29) is 11.8 Å². The Hall–Kier alpha value is -2.93. The quantitative estimate of drug-likeness (QED) is 0.616. The van der Waals surface area contributed by atoms with E-state index in [4.69, 9.17) is 14.5 Å². The van der Waals surface area contributed by atoms with Crippen LogP contribution in [0.4, 0.5) is 0 Å². The third kappa shape index (κ3) is 3.82. The minimum absolute atomic E-state index is 0.00854. The van der Waals surface area contributed by atoms with Gasteiger partial charge in [0.15, 0.2) is 5.65 Å². The van der Waals surface area contributed by atoms with Gasteiger partial charge in [0.25, 0.3) is 5.91 Å². The lowest BCUT2D eigenvalue weighted by atomic mass is 10.1. The van der Waals surface area contributed by atoms with E-state index in [9.17, 15) is 4.79 Å². The summed E-state index contributed by atoms with van der Waals surface area (Å²) in [7, 11) is 1.69. The zero-order chi connectivity index (χ0) is 20.2. The molecule has 3 aromatic rings. The molecule has 1 fully saturated rings. The van der Waals surface area contributed by atoms with Gasteiger partial charge in [0.2, 0.25) is 0 Å². The summed E-state index contributed by atoms with van der Waals surface area (Å²) in [5, 5.41) is 0. The van der Waals surface area contributed by atoms with Gasteiger partial charge >= 0.3 is 0 Å². The van der Waals surface area contributed by atoms with Crippen molar-refractivity contribution in [2.75, 3.05) is 33.4 Å². The summed E-state index contributed by atoms with van der Waals surface area (Å²) in [5.74, 6) is 1.79. The van der Waals surface area contributed by atoms with Crippen LogP contribution in [0.5, 0.6) is 5.75 Å². The van der Waals surface area contributed by atoms with Crippen LogP contribution in [0, 0.1) is 0 Å². The minimum Gasteiger partial charge on any atom is -0.493 e. The van der Waals surface area contributed by atoms with Gasteiger partial charge < -0.3 is 18.9 Å². The lowest BCUT2D eigenvalue weighted by Crippen LogP contribution is -2.29. The number of rotatable bonds is 7. The number of carbonyl (C=O) groups is 1. The summed E-state index contributed by atoms with van der Waals surface area (Å²) in [6, 6.07) is 11.3. The number of carbonyl (C=O) groups excluding carboxylic acids is 1. The number of benzene rings is 1. The first-order chi connectivity index (χ1) is 14.2. The molecule has 7 heteroatoms. The highest BCUT2D eigenvalue weighted by Crippen LogP contribution is 2.31. The molecule has 1 saturated heterocycles. The highest BCUT2D eigenvalue weighted by molar-refractivity contribution is 5.97. The van der Waals surface area contributed by atoms with Crippen LogP contribution in [0.2, 0.25) is 0 Å². The van der Waals surface area contributed by atoms with Gasteiger partial charge in [-0.1, -0.05) is 12.1 Å². The van der Waals surface area contributed by atoms with Crippen molar-refractivity contribution < 1.29 is 14.3 Å². The van der Waals surface area contributed by atoms with Crippen molar-refractivity contribution in [3.8, 4) is 5.75 Å². The molecule has 1 amide bonds. The number of nitrogens with zero attached hydrogens (tertiary/aromatic N) is 4. The van der Waals surface area contributed by atoms with Crippen LogP contribution in [0.15, 0.2) is 42.6 Å². The topological polar surface area (TPSA) is 69.5 Å². The van der Waals surface area contributed by atoms with E-state index < -0.39 is 0 Å². The molecule has 0 aliphatic carbocycles. The molecule has 1 aromatic carbocycles. The maximum Gasteiger partial charge on any atom is 0.257 e. The Morgan fingerprint density at radius 3 is 2.93 bits per heavy atom. The monoisotopic (exact) mass is 394 g/mol. The molecule has 152 valence electrons. The van der Waals surface area contributed by atoms with Crippen LogP contribution in [0.3, 0.4) is 0 Å². The normalized spacial score (nSPS) is 16.5. The SMILES string of the molecule is CCOc1ccccc1C(=O)N1CC[C@H](c2nc3cccnc3n2CCOC)C1. The predicted molar refractivity (Wildman–Crippen MR) is 110 cm³/mol. The number of methoxy groups -OCH3 is 1. The molecule has 1 atom stereocenters. The average Bonchev–Trinajstić information content (AvgIpc) is 3.37. The van der Waals surface area contributed by atoms with Crippen molar-refractivity contribution in [2.24, 2.45) is 0 Å². The number of imidazole rings is 1. The molecule has 0 N–H and O–H groups in total. The lowest BCUT2D eigenvalue weighted by Gasteiger charge is -2.19. The Morgan fingerprint density at radius 1 is 1.24 bits per heavy atom. The zero-order valence-electron chi connectivity index (χ0n) is 16.9. The van der Waals surface area contributed by atoms with Gasteiger partial charge in [-0.2, -0.15) is 0 Å². The number of para-hydroxylation sites is 1. The largest absolute Gasteiger partial charge is 0.493 e. The summed E-state index contributed by atoms with van der Waals surface area (Å²) in [6.45, 7) is 5.07. The highest BCUT2D eigenvalue weighted by atomic mass is 16.5. The Bertz CT molecular complexity index is 1000. The second-order valence-electron chi connectivity index (χ2n) is 7.13. The first-order valence-electron chi connectivity index (χ1n) is 10.0. The molecule has 4 rings (SSSR count). The standard InChI is InChI=1S/C22H26N4O3/c1-3-29-19-9-5-4-7-17(19)22(27)25-12-10-16(15-25)20-24-18-8-6-11-23-21(18)26(20)13-14-28-2/h4-9,11,16H,3,10,12-15H2,1-2H3/t16-/m0/s1. The van der Waals surface area contributed by atoms with Crippen LogP contribution in [-0.4, -0.2) is 58.8 Å². The maximum atomic E-state index is 13.1. The number of fused-ring (bicyclic) bond motifs is 1. The number of hydrogen-bond donors (Lipinski definition) is 0. The van der Waals surface area contributed by atoms with Gasteiger partial charge in [0.1, 0.15) is 17.1 Å². The third-order valence-electron chi connectivity index (χ3n) is 5.31. The fraction of sp³-hybridized carbons (Fsp3) is 0.409. The van der Waals surface area contributed by atoms with Crippen molar-refractivity contribution in [1.29, 1.82) is 0 Å². The molecule has 1 aliphatic rings. The zero-order valence-corrected chi connectivity index (χ0v) is 16.9. The molecule has 0 spiro atoms. The Morgan fingerprint density at radius 2 is 2.10 bits per heavy atom. The third-order valence-corrected chi connectivity index (χ3v) is 5.31. The summed E-state index contributed by atoms with van der Waals surface area (Å²) in [5.41, 5.74) is 2.36. The fourth-order valence-electron chi connectivity index (χ4n) is 3.94. The van der Waals surface area contributed by atoms with Gasteiger partial charge in [0.05, 0.1) is 18.8 Å². The number of likely N-dealkylation sites (tertiary alicyclic amines) is 1. The average molecular weight is 394 g/mol. The van der Waals surface area contributed by atoms with E-state index in [0.29, 0.717) is 44.2 Å². The molecular weight excluding hydrogens is 368 g/mol. The number of pyridine rings is 1. The van der Waals surface area contributed by atoms with Gasteiger partial charge in [-0.3, -0.25) is 4.79 Å². The Labute approximate surface area is 170 Å². The van der Waals surface area contributed by atoms with Crippen molar-refractivity contribution in [1.82, 2.24) is 19.4 Å². The van der Waals surface area contributed by atoms with Crippen LogP contribution in [0.1, 0.15) is 35.4 Å². The Kier molecular flexibility index (Phi) is 5.76. The molecule has 7 nitrogen and oxygen atoms in total. The van der Waals surface area contributed by atoms with E-state index in [1.165, 1.54) is 0 Å². The van der Waals surface area contributed by atoms with Crippen LogP contribution in [0.25, 0.3) is 11.2 Å². The minimum atomic E-state index is 0.00854. The summed E-state index contributed by atoms with van der Waals surface area (Å²) in [4.78, 5) is 24.4. The van der Waals surface area contributed by atoms with Gasteiger partial charge in [-0.05, 0) is 37.6 Å². The summed E-state index contributed by atoms with van der Waals surface area (Å²) >= 11 is 0. The van der Waals surface area contributed by atoms with Gasteiger partial charge in [0, 0.05) is 38.9 Å². The highest BCUT2D eigenvalue weighted by Gasteiger charge is 2.32. The van der Waals surface area contributed by atoms with Crippen LogP contribution < -0.4 is 4.74 Å². The fourth-order valence-corrected chi connectivity index (χ4v) is 3.94. The van der Waals surface area contributed by atoms with Gasteiger partial charge in [-0.25, -0.2) is 9.97 Å². The second-order valence-corrected chi connectivity index (χ2v) is 7.13. The molecule has 0 unspecified atom stereocenters. The second kappa shape index (κ2) is 8.61. The van der Waals surface area contributed by atoms with Crippen molar-refractivity contribution in [2.45, 2.75) is 25.8 Å². The molecule has 0 radical (unpaired) electrons. The van der Waals surface area contributed by atoms with Crippen molar-refractivity contribution >= 4 is 17.1 Å². The number of aromatic nitrogens is 3. The van der Waals surface area contributed by atoms with E-state index in [2.05, 4.69) is 9.55 Å². The number of hydrogen-bond acceptors (Lipinski definition) is 5. The van der Waals surface area contributed by atoms with E-state index >= 15 is 0 Å². The molecule has 0 saturated carbocycles. The molecular formula is C22H26N4O3. The summed E-state index contributed by atoms with van der Waals surface area (Å²) in [6.07, 6.45) is 2.66. The van der Waals surface area contributed by atoms with Gasteiger partial charge in [-0.15, -0.1) is 0 Å². The number of amides is 1. The van der Waals surface area contributed by atoms with Crippen molar-refractivity contribution in [3.63, 3.8) is 0 Å². The lowest BCUT2D eigenvalue weighted by molar-refractivity contribution is 0.0786. The van der Waals surface area contributed by atoms with Crippen molar-refractivity contribution in [3.05, 3.63) is 54.0 Å². The maximum absolute atomic E-state index is 13.1. The van der Waals surface area contributed by atoms with E-state index in [1.807, 2.05) is 48.2 Å².